The van der Waals surface area contributed by atoms with Crippen LogP contribution in [-0.4, -0.2) is 36.8 Å². The Morgan fingerprint density at radius 1 is 1.47 bits per heavy atom. The van der Waals surface area contributed by atoms with E-state index in [-0.39, 0.29) is 0 Å². The van der Waals surface area contributed by atoms with E-state index in [1.165, 1.54) is 0 Å². The second kappa shape index (κ2) is 6.42. The molecular weight excluding hydrogens is 216 g/mol. The normalized spacial score (nSPS) is 10.1. The summed E-state index contributed by atoms with van der Waals surface area (Å²) in [7, 11) is 1.65. The lowest BCUT2D eigenvalue weighted by Gasteiger charge is -2.08. The van der Waals surface area contributed by atoms with Crippen molar-refractivity contribution in [1.29, 1.82) is 0 Å². The van der Waals surface area contributed by atoms with E-state index in [9.17, 15) is 0 Å². The molecule has 15 heavy (non-hydrogen) atoms. The molecular formula is C9H15ClN4O. The van der Waals surface area contributed by atoms with Crippen LogP contribution in [0.5, 0.6) is 0 Å². The molecule has 0 aromatic carbocycles. The molecule has 0 unspecified atom stereocenters. The molecule has 0 saturated carbocycles. The van der Waals surface area contributed by atoms with E-state index in [1.807, 2.05) is 6.92 Å². The van der Waals surface area contributed by atoms with E-state index < -0.39 is 0 Å². The van der Waals surface area contributed by atoms with Crippen LogP contribution >= 0.6 is 11.6 Å². The monoisotopic (exact) mass is 230 g/mol. The predicted molar refractivity (Wildman–Crippen MR) is 61.6 cm³/mol. The first-order chi connectivity index (χ1) is 7.27. The number of hydrogen-bond donors (Lipinski definition) is 2. The molecule has 0 aliphatic rings. The number of rotatable bonds is 6. The maximum absolute atomic E-state index is 5.92. The molecule has 0 spiro atoms. The van der Waals surface area contributed by atoms with E-state index in [4.69, 9.17) is 16.3 Å². The summed E-state index contributed by atoms with van der Waals surface area (Å²) in [5.41, 5.74) is 0. The minimum Gasteiger partial charge on any atom is -0.383 e. The van der Waals surface area contributed by atoms with Gasteiger partial charge in [-0.1, -0.05) is 11.6 Å². The number of halogens is 1. The molecule has 1 aromatic rings. The third kappa shape index (κ3) is 3.89. The second-order valence-corrected chi connectivity index (χ2v) is 3.25. The largest absolute Gasteiger partial charge is 0.383 e. The Labute approximate surface area is 94.2 Å². The summed E-state index contributed by atoms with van der Waals surface area (Å²) >= 11 is 5.92. The third-order valence-electron chi connectivity index (χ3n) is 1.68. The highest BCUT2D eigenvalue weighted by molar-refractivity contribution is 6.32. The van der Waals surface area contributed by atoms with Gasteiger partial charge in [-0.3, -0.25) is 0 Å². The lowest BCUT2D eigenvalue weighted by molar-refractivity contribution is 0.210. The van der Waals surface area contributed by atoms with Crippen molar-refractivity contribution < 1.29 is 4.74 Å². The van der Waals surface area contributed by atoms with E-state index in [2.05, 4.69) is 20.6 Å². The van der Waals surface area contributed by atoms with Gasteiger partial charge in [0.15, 0.2) is 5.82 Å². The van der Waals surface area contributed by atoms with Gasteiger partial charge in [0.2, 0.25) is 5.95 Å². The minimum absolute atomic E-state index is 0.507. The van der Waals surface area contributed by atoms with E-state index in [0.717, 1.165) is 6.54 Å². The van der Waals surface area contributed by atoms with Crippen molar-refractivity contribution >= 4 is 23.4 Å². The van der Waals surface area contributed by atoms with Crippen LogP contribution in [0.4, 0.5) is 11.8 Å². The van der Waals surface area contributed by atoms with Crippen LogP contribution in [0, 0.1) is 0 Å². The van der Waals surface area contributed by atoms with Crippen molar-refractivity contribution in [2.45, 2.75) is 6.92 Å². The zero-order valence-corrected chi connectivity index (χ0v) is 9.64. The van der Waals surface area contributed by atoms with Crippen LogP contribution < -0.4 is 10.6 Å². The molecule has 1 aromatic heterocycles. The number of nitrogens with zero attached hydrogens (tertiary/aromatic N) is 2. The van der Waals surface area contributed by atoms with Crippen LogP contribution in [0.3, 0.4) is 0 Å². The van der Waals surface area contributed by atoms with Crippen LogP contribution in [0.15, 0.2) is 6.20 Å². The van der Waals surface area contributed by atoms with Crippen LogP contribution in [0.25, 0.3) is 0 Å². The van der Waals surface area contributed by atoms with Gasteiger partial charge in [0, 0.05) is 20.2 Å². The molecule has 1 rings (SSSR count). The van der Waals surface area contributed by atoms with E-state index in [0.29, 0.717) is 29.9 Å². The third-order valence-corrected chi connectivity index (χ3v) is 1.95. The summed E-state index contributed by atoms with van der Waals surface area (Å²) < 4.78 is 4.92. The molecule has 2 N–H and O–H groups in total. The van der Waals surface area contributed by atoms with Crippen molar-refractivity contribution in [1.82, 2.24) is 9.97 Å². The van der Waals surface area contributed by atoms with Gasteiger partial charge in [-0.15, -0.1) is 0 Å². The summed E-state index contributed by atoms with van der Waals surface area (Å²) in [4.78, 5) is 8.24. The highest BCUT2D eigenvalue weighted by atomic mass is 35.5. The minimum atomic E-state index is 0.507. The Hall–Kier alpha value is -1.07. The number of aromatic nitrogens is 2. The predicted octanol–water partition coefficient (Wildman–Crippen LogP) is 1.62. The summed E-state index contributed by atoms with van der Waals surface area (Å²) in [6.07, 6.45) is 1.57. The summed E-state index contributed by atoms with van der Waals surface area (Å²) in [5.74, 6) is 1.20. The summed E-state index contributed by atoms with van der Waals surface area (Å²) in [5, 5.41) is 6.59. The molecule has 0 fully saturated rings. The summed E-state index contributed by atoms with van der Waals surface area (Å²) in [6, 6.07) is 0. The van der Waals surface area contributed by atoms with Crippen molar-refractivity contribution in [3.63, 3.8) is 0 Å². The molecule has 5 nitrogen and oxygen atoms in total. The van der Waals surface area contributed by atoms with Gasteiger partial charge in [-0.05, 0) is 6.92 Å². The first-order valence-corrected chi connectivity index (χ1v) is 5.15. The smallest absolute Gasteiger partial charge is 0.224 e. The van der Waals surface area contributed by atoms with Gasteiger partial charge < -0.3 is 15.4 Å². The standard InChI is InChI=1S/C9H15ClN4O/c1-3-11-9-13-6-7(10)8(14-9)12-4-5-15-2/h6H,3-5H2,1-2H3,(H2,11,12,13,14). The Morgan fingerprint density at radius 3 is 2.93 bits per heavy atom. The fraction of sp³-hybridized carbons (Fsp3) is 0.556. The van der Waals surface area contributed by atoms with Crippen molar-refractivity contribution in [3.8, 4) is 0 Å². The molecule has 0 radical (unpaired) electrons. The Morgan fingerprint density at radius 2 is 2.27 bits per heavy atom. The van der Waals surface area contributed by atoms with Crippen molar-refractivity contribution in [2.24, 2.45) is 0 Å². The second-order valence-electron chi connectivity index (χ2n) is 2.84. The molecule has 84 valence electrons. The van der Waals surface area contributed by atoms with E-state index >= 15 is 0 Å². The lowest BCUT2D eigenvalue weighted by Crippen LogP contribution is -2.11. The molecule has 0 aliphatic heterocycles. The number of anilines is 2. The topological polar surface area (TPSA) is 59.1 Å². The van der Waals surface area contributed by atoms with Gasteiger partial charge in [-0.25, -0.2) is 4.98 Å². The first-order valence-electron chi connectivity index (χ1n) is 4.77. The van der Waals surface area contributed by atoms with Crippen molar-refractivity contribution in [2.75, 3.05) is 37.4 Å². The van der Waals surface area contributed by atoms with Gasteiger partial charge in [0.1, 0.15) is 5.02 Å². The first kappa shape index (κ1) is 12.0. The molecule has 1 heterocycles. The average Bonchev–Trinajstić information content (AvgIpc) is 2.23. The zero-order chi connectivity index (χ0) is 11.1. The van der Waals surface area contributed by atoms with Gasteiger partial charge in [0.25, 0.3) is 0 Å². The number of nitrogens with one attached hydrogen (secondary N) is 2. The maximum atomic E-state index is 5.92. The average molecular weight is 231 g/mol. The highest BCUT2D eigenvalue weighted by Crippen LogP contribution is 2.18. The van der Waals surface area contributed by atoms with Gasteiger partial charge >= 0.3 is 0 Å². The quantitative estimate of drug-likeness (QED) is 0.728. The molecule has 0 bridgehead atoms. The highest BCUT2D eigenvalue weighted by Gasteiger charge is 2.03. The molecule has 0 amide bonds. The Kier molecular flexibility index (Phi) is 5.14. The fourth-order valence-corrected chi connectivity index (χ4v) is 1.16. The van der Waals surface area contributed by atoms with Crippen LogP contribution in [0.2, 0.25) is 5.02 Å². The van der Waals surface area contributed by atoms with Gasteiger partial charge in [-0.2, -0.15) is 4.98 Å². The molecule has 0 atom stereocenters. The fourth-order valence-electron chi connectivity index (χ4n) is 1.01. The Balaban J connectivity index is 2.63. The van der Waals surface area contributed by atoms with Gasteiger partial charge in [0.05, 0.1) is 12.8 Å². The Bertz CT molecular complexity index is 308. The van der Waals surface area contributed by atoms with Crippen LogP contribution in [-0.2, 0) is 4.74 Å². The van der Waals surface area contributed by atoms with Crippen molar-refractivity contribution in [3.05, 3.63) is 11.2 Å². The number of ether oxygens (including phenoxy) is 1. The van der Waals surface area contributed by atoms with Crippen LogP contribution in [0.1, 0.15) is 6.92 Å². The molecule has 6 heteroatoms. The molecule has 0 aliphatic carbocycles. The summed E-state index contributed by atoms with van der Waals surface area (Å²) in [6.45, 7) is 4.03. The maximum Gasteiger partial charge on any atom is 0.224 e. The zero-order valence-electron chi connectivity index (χ0n) is 8.88. The molecule has 0 saturated heterocycles. The number of methoxy groups -OCH3 is 1. The SMILES string of the molecule is CCNc1ncc(Cl)c(NCCOC)n1. The number of hydrogen-bond acceptors (Lipinski definition) is 5. The van der Waals surface area contributed by atoms with E-state index in [1.54, 1.807) is 13.3 Å². The lowest BCUT2D eigenvalue weighted by atomic mass is 10.5.